The van der Waals surface area contributed by atoms with Gasteiger partial charge in [-0.05, 0) is 85.8 Å². The van der Waals surface area contributed by atoms with Crippen molar-refractivity contribution in [3.05, 3.63) is 89.0 Å². The molecule has 2 aliphatic heterocycles. The lowest BCUT2D eigenvalue weighted by Crippen LogP contribution is -2.35. The number of nitrogens with two attached hydrogens (primary N) is 1. The molecular weight excluding hydrogens is 464 g/mol. The summed E-state index contributed by atoms with van der Waals surface area (Å²) in [7, 11) is 0. The number of hydrogen-bond acceptors (Lipinski definition) is 5. The monoisotopic (exact) mass is 498 g/mol. The molecule has 3 aromatic rings. The van der Waals surface area contributed by atoms with Gasteiger partial charge in [0.15, 0.2) is 0 Å². The van der Waals surface area contributed by atoms with Gasteiger partial charge in [-0.15, -0.1) is 0 Å². The van der Waals surface area contributed by atoms with Gasteiger partial charge in [0.05, 0.1) is 0 Å². The molecule has 0 radical (unpaired) electrons. The van der Waals surface area contributed by atoms with Crippen LogP contribution in [0.5, 0.6) is 17.2 Å². The predicted molar refractivity (Wildman–Crippen MR) is 146 cm³/mol. The molecule has 0 aromatic heterocycles. The van der Waals surface area contributed by atoms with Crippen molar-refractivity contribution in [2.24, 2.45) is 11.7 Å². The highest BCUT2D eigenvalue weighted by molar-refractivity contribution is 6.04. The molecule has 1 amide bonds. The van der Waals surface area contributed by atoms with E-state index < -0.39 is 12.0 Å². The van der Waals surface area contributed by atoms with Crippen molar-refractivity contribution in [2.45, 2.75) is 39.3 Å². The molecule has 3 N–H and O–H groups in total. The predicted octanol–water partition coefficient (Wildman–Crippen LogP) is 5.66. The minimum absolute atomic E-state index is 0.154. The van der Waals surface area contributed by atoms with Gasteiger partial charge in [0, 0.05) is 29.3 Å². The molecule has 5 rings (SSSR count). The standard InChI is InChI=1S/C31H34N2O4/c1-19-14-15-33(17-19)20(2)18-36-24-11-8-22(9-12-24)30-29(25-6-4-5-7-26(25)31(32)35)21(3)27-16-23(34)10-13-28(27)37-30/h4-13,16,19-20,30,34H,14-15,17-18H2,1-3H3,(H2,32,35)/t19-,20+,30?/m1/s1. The zero-order valence-corrected chi connectivity index (χ0v) is 21.6. The number of aromatic hydroxyl groups is 1. The number of nitrogens with zero attached hydrogens (tertiary/aromatic N) is 1. The molecule has 1 unspecified atom stereocenters. The molecule has 6 heteroatoms. The number of amides is 1. The van der Waals surface area contributed by atoms with Crippen LogP contribution in [0.2, 0.25) is 0 Å². The first kappa shape index (κ1) is 24.9. The maximum absolute atomic E-state index is 12.3. The second kappa shape index (κ2) is 10.3. The summed E-state index contributed by atoms with van der Waals surface area (Å²) in [5.74, 6) is 1.89. The largest absolute Gasteiger partial charge is 0.508 e. The molecule has 0 spiro atoms. The number of ether oxygens (including phenoxy) is 2. The molecule has 192 valence electrons. The number of allylic oxidation sites excluding steroid dienone is 1. The van der Waals surface area contributed by atoms with Crippen LogP contribution in [0.1, 0.15) is 60.3 Å². The Balaban J connectivity index is 1.45. The van der Waals surface area contributed by atoms with Crippen LogP contribution >= 0.6 is 0 Å². The fourth-order valence-electron chi connectivity index (χ4n) is 5.38. The third-order valence-electron chi connectivity index (χ3n) is 7.51. The highest BCUT2D eigenvalue weighted by Crippen LogP contribution is 2.48. The number of carbonyl (C=O) groups is 1. The number of benzene rings is 3. The van der Waals surface area contributed by atoms with Crippen LogP contribution in [0.25, 0.3) is 11.1 Å². The lowest BCUT2D eigenvalue weighted by Gasteiger charge is -2.32. The molecule has 37 heavy (non-hydrogen) atoms. The average Bonchev–Trinajstić information content (AvgIpc) is 3.34. The van der Waals surface area contributed by atoms with Gasteiger partial charge in [0.2, 0.25) is 5.91 Å². The lowest BCUT2D eigenvalue weighted by atomic mass is 9.84. The van der Waals surface area contributed by atoms with Gasteiger partial charge in [0.25, 0.3) is 0 Å². The van der Waals surface area contributed by atoms with Crippen molar-refractivity contribution >= 4 is 17.1 Å². The number of phenols is 1. The number of rotatable bonds is 7. The summed E-state index contributed by atoms with van der Waals surface area (Å²) in [6.45, 7) is 9.39. The Morgan fingerprint density at radius 1 is 1.14 bits per heavy atom. The van der Waals surface area contributed by atoms with E-state index in [2.05, 4.69) is 18.7 Å². The lowest BCUT2D eigenvalue weighted by molar-refractivity contribution is 0.1000. The summed E-state index contributed by atoms with van der Waals surface area (Å²) >= 11 is 0. The zero-order valence-electron chi connectivity index (χ0n) is 21.6. The van der Waals surface area contributed by atoms with Crippen LogP contribution in [0.15, 0.2) is 66.7 Å². The van der Waals surface area contributed by atoms with Gasteiger partial charge in [-0.25, -0.2) is 0 Å². The second-order valence-corrected chi connectivity index (χ2v) is 10.2. The van der Waals surface area contributed by atoms with Crippen molar-refractivity contribution in [1.82, 2.24) is 4.90 Å². The third-order valence-corrected chi connectivity index (χ3v) is 7.51. The molecule has 6 nitrogen and oxygen atoms in total. The Bertz CT molecular complexity index is 1330. The summed E-state index contributed by atoms with van der Waals surface area (Å²) in [4.78, 5) is 14.8. The van der Waals surface area contributed by atoms with Gasteiger partial charge in [-0.1, -0.05) is 37.3 Å². The summed E-state index contributed by atoms with van der Waals surface area (Å²) in [5.41, 5.74) is 10.4. The minimum Gasteiger partial charge on any atom is -0.508 e. The number of fused-ring (bicyclic) bond motifs is 1. The molecule has 2 heterocycles. The SMILES string of the molecule is CC1=C(c2ccccc2C(N)=O)C(c2ccc(OC[C@H](C)N3CC[C@@H](C)C3)cc2)Oc2ccc(O)cc21. The Morgan fingerprint density at radius 2 is 1.89 bits per heavy atom. The van der Waals surface area contributed by atoms with Crippen molar-refractivity contribution in [3.8, 4) is 17.2 Å². The first-order chi connectivity index (χ1) is 17.8. The molecular formula is C31H34N2O4. The van der Waals surface area contributed by atoms with Gasteiger partial charge in [0.1, 0.15) is 30.0 Å². The van der Waals surface area contributed by atoms with Crippen molar-refractivity contribution < 1.29 is 19.4 Å². The molecule has 1 fully saturated rings. The van der Waals surface area contributed by atoms with E-state index in [0.29, 0.717) is 24.0 Å². The van der Waals surface area contributed by atoms with Gasteiger partial charge >= 0.3 is 0 Å². The molecule has 1 saturated heterocycles. The maximum Gasteiger partial charge on any atom is 0.249 e. The zero-order chi connectivity index (χ0) is 26.1. The molecule has 2 aliphatic rings. The van der Waals surface area contributed by atoms with Crippen molar-refractivity contribution in [3.63, 3.8) is 0 Å². The van der Waals surface area contributed by atoms with Crippen molar-refractivity contribution in [2.75, 3.05) is 19.7 Å². The molecule has 0 bridgehead atoms. The first-order valence-corrected chi connectivity index (χ1v) is 12.9. The van der Waals surface area contributed by atoms with Crippen LogP contribution < -0.4 is 15.2 Å². The van der Waals surface area contributed by atoms with E-state index in [4.69, 9.17) is 15.2 Å². The number of carbonyl (C=O) groups excluding carboxylic acids is 1. The Hall–Kier alpha value is -3.77. The van der Waals surface area contributed by atoms with Gasteiger partial charge in [-0.2, -0.15) is 0 Å². The van der Waals surface area contributed by atoms with E-state index in [0.717, 1.165) is 52.6 Å². The molecule has 3 atom stereocenters. The van der Waals surface area contributed by atoms with Crippen molar-refractivity contribution in [1.29, 1.82) is 0 Å². The fraction of sp³-hybridized carbons (Fsp3) is 0.323. The molecule has 3 aromatic carbocycles. The number of likely N-dealkylation sites (tertiary alicyclic amines) is 1. The Labute approximate surface area is 218 Å². The average molecular weight is 499 g/mol. The highest BCUT2D eigenvalue weighted by atomic mass is 16.5. The maximum atomic E-state index is 12.3. The van der Waals surface area contributed by atoms with Crippen LogP contribution in [-0.2, 0) is 0 Å². The van der Waals surface area contributed by atoms with E-state index >= 15 is 0 Å². The number of hydrogen-bond donors (Lipinski definition) is 2. The third kappa shape index (κ3) is 5.07. The highest BCUT2D eigenvalue weighted by Gasteiger charge is 2.31. The number of phenolic OH excluding ortho intramolecular Hbond substituents is 1. The second-order valence-electron chi connectivity index (χ2n) is 10.2. The van der Waals surface area contributed by atoms with Crippen LogP contribution in [0.3, 0.4) is 0 Å². The van der Waals surface area contributed by atoms with E-state index in [1.807, 2.05) is 43.3 Å². The molecule has 0 aliphatic carbocycles. The topological polar surface area (TPSA) is 85.0 Å². The summed E-state index contributed by atoms with van der Waals surface area (Å²) in [6, 6.07) is 20.7. The van der Waals surface area contributed by atoms with Crippen LogP contribution in [-0.4, -0.2) is 41.7 Å². The summed E-state index contributed by atoms with van der Waals surface area (Å²) in [6.07, 6.45) is 0.786. The quantitative estimate of drug-likeness (QED) is 0.439. The summed E-state index contributed by atoms with van der Waals surface area (Å²) < 4.78 is 12.6. The van der Waals surface area contributed by atoms with Crippen LogP contribution in [0.4, 0.5) is 0 Å². The minimum atomic E-state index is -0.499. The van der Waals surface area contributed by atoms with E-state index in [-0.39, 0.29) is 5.75 Å². The normalized spacial score (nSPS) is 20.3. The molecule has 0 saturated carbocycles. The van der Waals surface area contributed by atoms with E-state index in [1.54, 1.807) is 30.3 Å². The first-order valence-electron chi connectivity index (χ1n) is 12.9. The Morgan fingerprint density at radius 3 is 2.59 bits per heavy atom. The van der Waals surface area contributed by atoms with Gasteiger partial charge in [-0.3, -0.25) is 9.69 Å². The number of primary amides is 1. The Kier molecular flexibility index (Phi) is 6.94. The van der Waals surface area contributed by atoms with E-state index in [1.165, 1.54) is 6.42 Å². The fourth-order valence-corrected chi connectivity index (χ4v) is 5.38. The van der Waals surface area contributed by atoms with Crippen LogP contribution in [0, 0.1) is 5.92 Å². The smallest absolute Gasteiger partial charge is 0.249 e. The van der Waals surface area contributed by atoms with Gasteiger partial charge < -0.3 is 20.3 Å². The van der Waals surface area contributed by atoms with E-state index in [9.17, 15) is 9.90 Å². The summed E-state index contributed by atoms with van der Waals surface area (Å²) in [5, 5.41) is 10.1.